The molecule has 31 heavy (non-hydrogen) atoms. The number of amides is 1. The quantitative estimate of drug-likeness (QED) is 0.491. The van der Waals surface area contributed by atoms with E-state index in [9.17, 15) is 9.59 Å². The van der Waals surface area contributed by atoms with Crippen LogP contribution in [0.3, 0.4) is 0 Å². The van der Waals surface area contributed by atoms with Gasteiger partial charge < -0.3 is 18.9 Å². The minimum Gasteiger partial charge on any atom is -0.495 e. The summed E-state index contributed by atoms with van der Waals surface area (Å²) in [6.45, 7) is 9.54. The Hall–Kier alpha value is -2.99. The van der Waals surface area contributed by atoms with Crippen molar-refractivity contribution in [1.82, 2.24) is 9.47 Å². The summed E-state index contributed by atoms with van der Waals surface area (Å²) in [6.07, 6.45) is 1.77. The van der Waals surface area contributed by atoms with Crippen LogP contribution in [0.5, 0.6) is 5.75 Å². The highest BCUT2D eigenvalue weighted by molar-refractivity contribution is 6.32. The number of carbonyl (C=O) groups is 2. The van der Waals surface area contributed by atoms with Crippen molar-refractivity contribution in [1.29, 1.82) is 0 Å². The molecule has 0 unspecified atom stereocenters. The molecule has 0 atom stereocenters. The third kappa shape index (κ3) is 3.88. The predicted octanol–water partition coefficient (Wildman–Crippen LogP) is 4.84. The lowest BCUT2D eigenvalue weighted by molar-refractivity contribution is -0.136. The summed E-state index contributed by atoms with van der Waals surface area (Å²) in [5.41, 5.74) is 4.86. The predicted molar refractivity (Wildman–Crippen MR) is 121 cm³/mol. The SMILES string of the molecule is COC(=O)C1=C(C)N(C(C)C)C(=O)/C1=C\c1cc(C)n(-c2ccc(OC)c(Cl)c2)c1C. The number of esters is 1. The minimum absolute atomic E-state index is 0.0769. The second kappa shape index (κ2) is 8.63. The van der Waals surface area contributed by atoms with Gasteiger partial charge in [0.25, 0.3) is 5.91 Å². The Morgan fingerprint density at radius 2 is 1.81 bits per heavy atom. The molecule has 0 saturated carbocycles. The highest BCUT2D eigenvalue weighted by Gasteiger charge is 2.38. The van der Waals surface area contributed by atoms with Crippen LogP contribution in [-0.4, -0.2) is 41.6 Å². The number of allylic oxidation sites excluding steroid dienone is 1. The van der Waals surface area contributed by atoms with Gasteiger partial charge in [0.1, 0.15) is 5.75 Å². The summed E-state index contributed by atoms with van der Waals surface area (Å²) in [7, 11) is 2.90. The molecule has 0 N–H and O–H groups in total. The van der Waals surface area contributed by atoms with E-state index in [1.807, 2.05) is 56.5 Å². The van der Waals surface area contributed by atoms with Crippen LogP contribution in [0.15, 0.2) is 41.1 Å². The number of halogens is 1. The number of hydrogen-bond acceptors (Lipinski definition) is 4. The number of aromatic nitrogens is 1. The van der Waals surface area contributed by atoms with Crippen molar-refractivity contribution in [3.05, 3.63) is 63.1 Å². The van der Waals surface area contributed by atoms with Crippen molar-refractivity contribution in [2.45, 2.75) is 40.7 Å². The molecule has 1 aromatic carbocycles. The van der Waals surface area contributed by atoms with Crippen molar-refractivity contribution >= 4 is 29.6 Å². The maximum Gasteiger partial charge on any atom is 0.340 e. The number of ether oxygens (including phenoxy) is 2. The molecule has 0 saturated heterocycles. The highest BCUT2D eigenvalue weighted by Crippen LogP contribution is 2.35. The molecule has 2 aromatic rings. The van der Waals surface area contributed by atoms with Gasteiger partial charge in [-0.3, -0.25) is 4.79 Å². The largest absolute Gasteiger partial charge is 0.495 e. The molecule has 0 radical (unpaired) electrons. The molecule has 2 heterocycles. The van der Waals surface area contributed by atoms with E-state index in [-0.39, 0.29) is 11.9 Å². The molecule has 7 heteroatoms. The van der Waals surface area contributed by atoms with Crippen LogP contribution < -0.4 is 4.74 Å². The van der Waals surface area contributed by atoms with Crippen molar-refractivity contribution in [3.8, 4) is 11.4 Å². The van der Waals surface area contributed by atoms with E-state index >= 15 is 0 Å². The first kappa shape index (κ1) is 22.7. The van der Waals surface area contributed by atoms with Crippen LogP contribution in [0.25, 0.3) is 11.8 Å². The molecule has 0 aliphatic carbocycles. The molecular weight excluding hydrogens is 416 g/mol. The Morgan fingerprint density at radius 3 is 2.35 bits per heavy atom. The summed E-state index contributed by atoms with van der Waals surface area (Å²) < 4.78 is 12.3. The van der Waals surface area contributed by atoms with Gasteiger partial charge in [-0.25, -0.2) is 4.79 Å². The van der Waals surface area contributed by atoms with E-state index in [0.29, 0.717) is 27.6 Å². The Kier molecular flexibility index (Phi) is 6.32. The molecule has 0 bridgehead atoms. The van der Waals surface area contributed by atoms with Gasteiger partial charge in [0.05, 0.1) is 30.4 Å². The van der Waals surface area contributed by atoms with Gasteiger partial charge in [0.2, 0.25) is 0 Å². The van der Waals surface area contributed by atoms with Crippen LogP contribution in [-0.2, 0) is 14.3 Å². The Bertz CT molecular complexity index is 1120. The molecule has 1 aromatic heterocycles. The van der Waals surface area contributed by atoms with E-state index in [0.717, 1.165) is 22.6 Å². The summed E-state index contributed by atoms with van der Waals surface area (Å²) in [6, 6.07) is 7.48. The zero-order valence-corrected chi connectivity index (χ0v) is 19.6. The average Bonchev–Trinajstić information content (AvgIpc) is 3.13. The average molecular weight is 443 g/mol. The smallest absolute Gasteiger partial charge is 0.340 e. The third-order valence-corrected chi connectivity index (χ3v) is 5.81. The van der Waals surface area contributed by atoms with Crippen molar-refractivity contribution in [2.24, 2.45) is 0 Å². The molecule has 1 amide bonds. The lowest BCUT2D eigenvalue weighted by Gasteiger charge is -2.22. The van der Waals surface area contributed by atoms with Crippen LogP contribution in [0.1, 0.15) is 37.7 Å². The fraction of sp³-hybridized carbons (Fsp3) is 0.333. The fourth-order valence-corrected chi connectivity index (χ4v) is 4.35. The van der Waals surface area contributed by atoms with E-state index in [1.165, 1.54) is 7.11 Å². The van der Waals surface area contributed by atoms with Crippen molar-refractivity contribution in [3.63, 3.8) is 0 Å². The molecule has 164 valence electrons. The zero-order valence-electron chi connectivity index (χ0n) is 18.9. The van der Waals surface area contributed by atoms with Crippen molar-refractivity contribution in [2.75, 3.05) is 14.2 Å². The molecule has 1 aliphatic heterocycles. The first-order valence-corrected chi connectivity index (χ1v) is 10.4. The maximum absolute atomic E-state index is 13.2. The molecule has 0 spiro atoms. The molecule has 0 fully saturated rings. The minimum atomic E-state index is -0.518. The number of nitrogens with zero attached hydrogens (tertiary/aromatic N) is 2. The van der Waals surface area contributed by atoms with Crippen LogP contribution >= 0.6 is 11.6 Å². The lowest BCUT2D eigenvalue weighted by Crippen LogP contribution is -2.31. The number of methoxy groups -OCH3 is 2. The fourth-order valence-electron chi connectivity index (χ4n) is 4.10. The monoisotopic (exact) mass is 442 g/mol. The molecular formula is C24H27ClN2O4. The van der Waals surface area contributed by atoms with E-state index in [4.69, 9.17) is 21.1 Å². The Labute approximate surface area is 187 Å². The Balaban J connectivity index is 2.14. The van der Waals surface area contributed by atoms with Crippen molar-refractivity contribution < 1.29 is 19.1 Å². The second-order valence-electron chi connectivity index (χ2n) is 7.76. The van der Waals surface area contributed by atoms with Gasteiger partial charge in [-0.15, -0.1) is 0 Å². The van der Waals surface area contributed by atoms with E-state index in [2.05, 4.69) is 0 Å². The maximum atomic E-state index is 13.2. The number of aryl methyl sites for hydroxylation is 1. The summed E-state index contributed by atoms with van der Waals surface area (Å²) in [5.74, 6) is -0.120. The molecule has 1 aliphatic rings. The zero-order chi connectivity index (χ0) is 23.0. The molecule has 6 nitrogen and oxygen atoms in total. The standard InChI is InChI=1S/C24H27ClN2O4/c1-13(2)26-16(5)22(24(29)31-7)19(23(26)28)11-17-10-14(3)27(15(17)4)18-8-9-21(30-6)20(25)12-18/h8-13H,1-7H3/b19-11-. The summed E-state index contributed by atoms with van der Waals surface area (Å²) in [5, 5.41) is 0.512. The van der Waals surface area contributed by atoms with Gasteiger partial charge in [-0.05, 0) is 70.5 Å². The topological polar surface area (TPSA) is 60.8 Å². The normalized spacial score (nSPS) is 15.5. The van der Waals surface area contributed by atoms with Gasteiger partial charge in [0, 0.05) is 28.8 Å². The van der Waals surface area contributed by atoms with Gasteiger partial charge in [-0.2, -0.15) is 0 Å². The number of rotatable bonds is 5. The van der Waals surface area contributed by atoms with Crippen LogP contribution in [0, 0.1) is 13.8 Å². The summed E-state index contributed by atoms with van der Waals surface area (Å²) in [4.78, 5) is 27.3. The first-order chi connectivity index (χ1) is 14.6. The number of carbonyl (C=O) groups excluding carboxylic acids is 2. The van der Waals surface area contributed by atoms with E-state index in [1.54, 1.807) is 25.0 Å². The third-order valence-electron chi connectivity index (χ3n) is 5.51. The van der Waals surface area contributed by atoms with E-state index < -0.39 is 5.97 Å². The number of hydrogen-bond donors (Lipinski definition) is 0. The Morgan fingerprint density at radius 1 is 1.13 bits per heavy atom. The van der Waals surface area contributed by atoms with Crippen LogP contribution in [0.4, 0.5) is 0 Å². The lowest BCUT2D eigenvalue weighted by atomic mass is 10.0. The van der Waals surface area contributed by atoms with Gasteiger partial charge in [0.15, 0.2) is 0 Å². The van der Waals surface area contributed by atoms with Crippen LogP contribution in [0.2, 0.25) is 5.02 Å². The van der Waals surface area contributed by atoms with Gasteiger partial charge in [-0.1, -0.05) is 11.6 Å². The number of benzene rings is 1. The molecule has 3 rings (SSSR count). The second-order valence-corrected chi connectivity index (χ2v) is 8.17. The summed E-state index contributed by atoms with van der Waals surface area (Å²) >= 11 is 6.32. The van der Waals surface area contributed by atoms with Gasteiger partial charge >= 0.3 is 5.97 Å². The highest BCUT2D eigenvalue weighted by atomic mass is 35.5. The first-order valence-electron chi connectivity index (χ1n) is 10.00.